The number of benzene rings is 2. The first-order valence-electron chi connectivity index (χ1n) is 10.6. The molecule has 3 heterocycles. The Morgan fingerprint density at radius 1 is 0.909 bits per heavy atom. The summed E-state index contributed by atoms with van der Waals surface area (Å²) >= 11 is 1.21. The molecule has 1 unspecified atom stereocenters. The van der Waals surface area contributed by atoms with Crippen LogP contribution in [0.15, 0.2) is 64.2 Å². The molecule has 3 aromatic rings. The van der Waals surface area contributed by atoms with Crippen molar-refractivity contribution >= 4 is 23.6 Å². The van der Waals surface area contributed by atoms with Crippen LogP contribution >= 0.6 is 11.8 Å². The number of carbonyl (C=O) groups excluding carboxylic acids is 2. The van der Waals surface area contributed by atoms with Crippen LogP contribution in [0.3, 0.4) is 0 Å². The predicted molar refractivity (Wildman–Crippen MR) is 120 cm³/mol. The first-order valence-corrected chi connectivity index (χ1v) is 11.6. The van der Waals surface area contributed by atoms with Gasteiger partial charge in [0.2, 0.25) is 17.9 Å². The second-order valence-corrected chi connectivity index (χ2v) is 8.52. The van der Waals surface area contributed by atoms with E-state index in [-0.39, 0.29) is 24.2 Å². The number of hydrogen-bond donors (Lipinski definition) is 0. The molecule has 33 heavy (non-hydrogen) atoms. The Bertz CT molecular complexity index is 1130. The van der Waals surface area contributed by atoms with Gasteiger partial charge in [-0.1, -0.05) is 42.1 Å². The van der Waals surface area contributed by atoms with Gasteiger partial charge in [0.05, 0.1) is 5.75 Å². The molecule has 5 rings (SSSR count). The number of rotatable bonds is 5. The maximum absolute atomic E-state index is 12.9. The molecular weight excluding hydrogens is 444 g/mol. The molecule has 1 atom stereocenters. The van der Waals surface area contributed by atoms with E-state index >= 15 is 0 Å². The zero-order valence-electron chi connectivity index (χ0n) is 17.8. The molecule has 2 aliphatic rings. The fourth-order valence-electron chi connectivity index (χ4n) is 3.70. The third-order valence-electron chi connectivity index (χ3n) is 5.47. The Hall–Kier alpha value is -3.53. The molecular formula is C23H22N4O5S. The lowest BCUT2D eigenvalue weighted by molar-refractivity contribution is -0.145. The van der Waals surface area contributed by atoms with E-state index in [0.717, 1.165) is 5.56 Å². The third kappa shape index (κ3) is 4.80. The minimum Gasteiger partial charge on any atom is -0.485 e. The van der Waals surface area contributed by atoms with Crippen LogP contribution in [0, 0.1) is 0 Å². The summed E-state index contributed by atoms with van der Waals surface area (Å²) < 4.78 is 17.1. The normalized spacial score (nSPS) is 17.6. The maximum atomic E-state index is 12.9. The number of ether oxygens (including phenoxy) is 2. The third-order valence-corrected chi connectivity index (χ3v) is 6.28. The number of hydrogen-bond acceptors (Lipinski definition) is 8. The van der Waals surface area contributed by atoms with Crippen LogP contribution in [0.25, 0.3) is 11.5 Å². The van der Waals surface area contributed by atoms with Crippen LogP contribution in [0.5, 0.6) is 11.5 Å². The summed E-state index contributed by atoms with van der Waals surface area (Å²) in [6.45, 7) is 2.02. The molecule has 1 saturated heterocycles. The van der Waals surface area contributed by atoms with Crippen molar-refractivity contribution in [2.45, 2.75) is 11.3 Å². The van der Waals surface area contributed by atoms with Crippen molar-refractivity contribution in [3.05, 3.63) is 54.6 Å². The SMILES string of the molecule is O=C(CSc1nnc(-c2ccccc2)o1)N1CCN(C(=O)C2COc3ccccc3O2)CC1. The lowest BCUT2D eigenvalue weighted by Gasteiger charge is -2.37. The topological polar surface area (TPSA) is 98.0 Å². The smallest absolute Gasteiger partial charge is 0.277 e. The van der Waals surface area contributed by atoms with Gasteiger partial charge in [0.1, 0.15) is 6.61 Å². The summed E-state index contributed by atoms with van der Waals surface area (Å²) in [5.74, 6) is 1.69. The molecule has 170 valence electrons. The van der Waals surface area contributed by atoms with E-state index in [0.29, 0.717) is 48.8 Å². The quantitative estimate of drug-likeness (QED) is 0.529. The summed E-state index contributed by atoms with van der Waals surface area (Å²) in [7, 11) is 0. The highest BCUT2D eigenvalue weighted by Gasteiger charge is 2.33. The summed E-state index contributed by atoms with van der Waals surface area (Å²) in [5.41, 5.74) is 0.833. The second-order valence-electron chi connectivity index (χ2n) is 7.60. The van der Waals surface area contributed by atoms with Crippen LogP contribution in [-0.4, -0.2) is 76.5 Å². The average molecular weight is 467 g/mol. The molecule has 0 radical (unpaired) electrons. The van der Waals surface area contributed by atoms with Gasteiger partial charge >= 0.3 is 0 Å². The molecule has 1 fully saturated rings. The van der Waals surface area contributed by atoms with E-state index in [9.17, 15) is 9.59 Å². The number of aromatic nitrogens is 2. The fraction of sp³-hybridized carbons (Fsp3) is 0.304. The summed E-state index contributed by atoms with van der Waals surface area (Å²) in [5, 5.41) is 8.40. The Kier molecular flexibility index (Phi) is 6.16. The highest BCUT2D eigenvalue weighted by Crippen LogP contribution is 2.31. The van der Waals surface area contributed by atoms with Crippen molar-refractivity contribution in [2.24, 2.45) is 0 Å². The molecule has 0 aliphatic carbocycles. The molecule has 9 nitrogen and oxygen atoms in total. The van der Waals surface area contributed by atoms with Crippen LogP contribution < -0.4 is 9.47 Å². The number of piperazine rings is 1. The van der Waals surface area contributed by atoms with Crippen LogP contribution in [0.2, 0.25) is 0 Å². The van der Waals surface area contributed by atoms with E-state index in [2.05, 4.69) is 10.2 Å². The first-order chi connectivity index (χ1) is 16.2. The highest BCUT2D eigenvalue weighted by molar-refractivity contribution is 7.99. The monoisotopic (exact) mass is 466 g/mol. The zero-order valence-corrected chi connectivity index (χ0v) is 18.6. The van der Waals surface area contributed by atoms with Gasteiger partial charge in [-0.2, -0.15) is 0 Å². The van der Waals surface area contributed by atoms with E-state index in [1.54, 1.807) is 15.9 Å². The Labute approximate surface area is 194 Å². The molecule has 1 aromatic heterocycles. The van der Waals surface area contributed by atoms with Crippen LogP contribution in [0.1, 0.15) is 0 Å². The van der Waals surface area contributed by atoms with Crippen molar-refractivity contribution < 1.29 is 23.5 Å². The predicted octanol–water partition coefficient (Wildman–Crippen LogP) is 2.34. The lowest BCUT2D eigenvalue weighted by Crippen LogP contribution is -2.55. The molecule has 10 heteroatoms. The number of carbonyl (C=O) groups is 2. The van der Waals surface area contributed by atoms with Crippen molar-refractivity contribution in [1.29, 1.82) is 0 Å². The van der Waals surface area contributed by atoms with Crippen molar-refractivity contribution in [3.63, 3.8) is 0 Å². The second kappa shape index (κ2) is 9.53. The highest BCUT2D eigenvalue weighted by atomic mass is 32.2. The number of fused-ring (bicyclic) bond motifs is 1. The molecule has 0 spiro atoms. The molecule has 2 amide bonds. The van der Waals surface area contributed by atoms with Crippen LogP contribution in [-0.2, 0) is 9.59 Å². The fourth-order valence-corrected chi connectivity index (χ4v) is 4.37. The van der Waals surface area contributed by atoms with Gasteiger partial charge in [-0.3, -0.25) is 9.59 Å². The van der Waals surface area contributed by atoms with E-state index in [1.807, 2.05) is 48.5 Å². The van der Waals surface area contributed by atoms with E-state index in [1.165, 1.54) is 11.8 Å². The molecule has 2 aliphatic heterocycles. The minimum atomic E-state index is -0.672. The Balaban J connectivity index is 1.09. The number of amides is 2. The number of thioether (sulfide) groups is 1. The van der Waals surface area contributed by atoms with Crippen molar-refractivity contribution in [3.8, 4) is 23.0 Å². The van der Waals surface area contributed by atoms with Crippen molar-refractivity contribution in [1.82, 2.24) is 20.0 Å². The zero-order chi connectivity index (χ0) is 22.6. The molecule has 0 bridgehead atoms. The van der Waals surface area contributed by atoms with Gasteiger partial charge in [-0.05, 0) is 24.3 Å². The van der Waals surface area contributed by atoms with Gasteiger partial charge in [0, 0.05) is 31.7 Å². The van der Waals surface area contributed by atoms with E-state index < -0.39 is 6.10 Å². The maximum Gasteiger partial charge on any atom is 0.277 e. The lowest BCUT2D eigenvalue weighted by atomic mass is 10.2. The Morgan fingerprint density at radius 2 is 1.61 bits per heavy atom. The summed E-state index contributed by atoms with van der Waals surface area (Å²) in [6, 6.07) is 16.8. The molecule has 2 aromatic carbocycles. The minimum absolute atomic E-state index is 0.0299. The van der Waals surface area contributed by atoms with Crippen LogP contribution in [0.4, 0.5) is 0 Å². The van der Waals surface area contributed by atoms with E-state index in [4.69, 9.17) is 13.9 Å². The van der Waals surface area contributed by atoms with Gasteiger partial charge in [-0.15, -0.1) is 10.2 Å². The molecule has 0 N–H and O–H groups in total. The van der Waals surface area contributed by atoms with Gasteiger partial charge in [0.25, 0.3) is 11.1 Å². The summed E-state index contributed by atoms with van der Waals surface area (Å²) in [4.78, 5) is 29.0. The first kappa shape index (κ1) is 21.3. The summed E-state index contributed by atoms with van der Waals surface area (Å²) in [6.07, 6.45) is -0.672. The standard InChI is InChI=1S/C23H22N4O5S/c28-20(15-33-23-25-24-21(32-23)16-6-2-1-3-7-16)26-10-12-27(13-11-26)22(29)19-14-30-17-8-4-5-9-18(17)31-19/h1-9,19H,10-15H2. The van der Waals surface area contributed by atoms with Crippen molar-refractivity contribution in [2.75, 3.05) is 38.5 Å². The largest absolute Gasteiger partial charge is 0.485 e. The number of nitrogens with zero attached hydrogens (tertiary/aromatic N) is 4. The average Bonchev–Trinajstić information content (AvgIpc) is 3.36. The molecule has 0 saturated carbocycles. The number of para-hydroxylation sites is 2. The van der Waals surface area contributed by atoms with Gasteiger partial charge < -0.3 is 23.7 Å². The van der Waals surface area contributed by atoms with Gasteiger partial charge in [-0.25, -0.2) is 0 Å². The Morgan fingerprint density at radius 3 is 2.39 bits per heavy atom. The van der Waals surface area contributed by atoms with Gasteiger partial charge in [0.15, 0.2) is 11.5 Å².